The topological polar surface area (TPSA) is 58.4 Å². The van der Waals surface area contributed by atoms with E-state index in [0.717, 1.165) is 32.4 Å². The molecule has 0 fully saturated rings. The van der Waals surface area contributed by atoms with Crippen molar-refractivity contribution in [3.05, 3.63) is 0 Å². The molecular weight excluding hydrogens is 238 g/mol. The number of hydrogen-bond acceptors (Lipinski definition) is 3. The molecule has 0 saturated heterocycles. The summed E-state index contributed by atoms with van der Waals surface area (Å²) >= 11 is 0. The van der Waals surface area contributed by atoms with Gasteiger partial charge in [0.2, 0.25) is 5.91 Å². The van der Waals surface area contributed by atoms with E-state index in [1.807, 2.05) is 0 Å². The average Bonchev–Trinajstić information content (AvgIpc) is 2.37. The van der Waals surface area contributed by atoms with Crippen molar-refractivity contribution in [1.29, 1.82) is 0 Å². The first-order valence-electron chi connectivity index (χ1n) is 7.61. The smallest absolute Gasteiger partial charge is 0.234 e. The van der Waals surface area contributed by atoms with E-state index in [9.17, 15) is 4.79 Å². The molecule has 4 heteroatoms. The van der Waals surface area contributed by atoms with Crippen molar-refractivity contribution in [3.8, 4) is 0 Å². The number of rotatable bonds is 10. The van der Waals surface area contributed by atoms with Gasteiger partial charge in [0, 0.05) is 18.6 Å². The molecule has 4 nitrogen and oxygen atoms in total. The molecule has 0 saturated carbocycles. The molecule has 0 aliphatic carbocycles. The van der Waals surface area contributed by atoms with E-state index in [1.165, 1.54) is 0 Å². The first kappa shape index (κ1) is 18.4. The molecule has 0 bridgehead atoms. The van der Waals surface area contributed by atoms with Gasteiger partial charge in [-0.05, 0) is 38.6 Å². The zero-order valence-electron chi connectivity index (χ0n) is 13.5. The van der Waals surface area contributed by atoms with Gasteiger partial charge in [-0.25, -0.2) is 0 Å². The van der Waals surface area contributed by atoms with Gasteiger partial charge >= 0.3 is 0 Å². The minimum atomic E-state index is -0.0780. The van der Waals surface area contributed by atoms with Crippen LogP contribution in [0.4, 0.5) is 0 Å². The minimum absolute atomic E-state index is 0.0780. The van der Waals surface area contributed by atoms with Crippen LogP contribution >= 0.6 is 0 Å². The minimum Gasteiger partial charge on any atom is -0.355 e. The Morgan fingerprint density at radius 1 is 1.37 bits per heavy atom. The van der Waals surface area contributed by atoms with Crippen molar-refractivity contribution in [2.75, 3.05) is 26.2 Å². The Labute approximate surface area is 119 Å². The van der Waals surface area contributed by atoms with E-state index in [-0.39, 0.29) is 11.4 Å². The predicted octanol–water partition coefficient (Wildman–Crippen LogP) is 1.99. The van der Waals surface area contributed by atoms with Crippen molar-refractivity contribution in [2.24, 2.45) is 11.7 Å². The fourth-order valence-corrected chi connectivity index (χ4v) is 2.04. The zero-order chi connectivity index (χ0) is 14.9. The molecule has 0 aliphatic heterocycles. The fourth-order valence-electron chi connectivity index (χ4n) is 2.04. The van der Waals surface area contributed by atoms with Crippen molar-refractivity contribution in [2.45, 2.75) is 59.4 Å². The molecule has 0 aromatic heterocycles. The lowest BCUT2D eigenvalue weighted by Gasteiger charge is -2.39. The first-order chi connectivity index (χ1) is 8.89. The van der Waals surface area contributed by atoms with Gasteiger partial charge in [0.25, 0.3) is 0 Å². The summed E-state index contributed by atoms with van der Waals surface area (Å²) < 4.78 is 0. The summed E-state index contributed by atoms with van der Waals surface area (Å²) in [6.07, 6.45) is 3.03. The lowest BCUT2D eigenvalue weighted by molar-refractivity contribution is -0.123. The summed E-state index contributed by atoms with van der Waals surface area (Å²) in [6, 6.07) is 0. The molecule has 3 N–H and O–H groups in total. The van der Waals surface area contributed by atoms with Gasteiger partial charge in [-0.3, -0.25) is 9.69 Å². The van der Waals surface area contributed by atoms with E-state index in [4.69, 9.17) is 5.73 Å². The number of carbonyl (C=O) groups is 1. The predicted molar refractivity (Wildman–Crippen MR) is 82.1 cm³/mol. The van der Waals surface area contributed by atoms with Crippen molar-refractivity contribution < 1.29 is 4.79 Å². The lowest BCUT2D eigenvalue weighted by Crippen LogP contribution is -2.54. The van der Waals surface area contributed by atoms with Crippen LogP contribution in [-0.2, 0) is 4.79 Å². The number of hydrogen-bond donors (Lipinski definition) is 2. The molecule has 0 spiro atoms. The third kappa shape index (κ3) is 6.92. The monoisotopic (exact) mass is 271 g/mol. The summed E-state index contributed by atoms with van der Waals surface area (Å²) in [7, 11) is 0. The Hall–Kier alpha value is -0.610. The van der Waals surface area contributed by atoms with Crippen LogP contribution < -0.4 is 11.1 Å². The Kier molecular flexibility index (Phi) is 9.02. The SMILES string of the molecule is CCCN(CC(=O)NCCC(C)C)C(C)(CC)CN. The van der Waals surface area contributed by atoms with Gasteiger partial charge in [0.15, 0.2) is 0 Å². The summed E-state index contributed by atoms with van der Waals surface area (Å²) in [5.41, 5.74) is 5.81. The van der Waals surface area contributed by atoms with E-state index in [1.54, 1.807) is 0 Å². The average molecular weight is 271 g/mol. The Bertz CT molecular complexity index is 250. The first-order valence-corrected chi connectivity index (χ1v) is 7.61. The molecule has 1 atom stereocenters. The maximum Gasteiger partial charge on any atom is 0.234 e. The number of nitrogens with one attached hydrogen (secondary N) is 1. The van der Waals surface area contributed by atoms with Gasteiger partial charge in [-0.15, -0.1) is 0 Å². The molecule has 0 radical (unpaired) electrons. The van der Waals surface area contributed by atoms with Gasteiger partial charge in [-0.2, -0.15) is 0 Å². The molecule has 19 heavy (non-hydrogen) atoms. The highest BCUT2D eigenvalue weighted by atomic mass is 16.2. The largest absolute Gasteiger partial charge is 0.355 e. The van der Waals surface area contributed by atoms with Crippen LogP contribution in [0.25, 0.3) is 0 Å². The fraction of sp³-hybridized carbons (Fsp3) is 0.933. The summed E-state index contributed by atoms with van der Waals surface area (Å²) in [4.78, 5) is 14.2. The number of carbonyl (C=O) groups excluding carboxylic acids is 1. The van der Waals surface area contributed by atoms with Crippen LogP contribution in [0.3, 0.4) is 0 Å². The van der Waals surface area contributed by atoms with E-state index in [2.05, 4.69) is 44.8 Å². The van der Waals surface area contributed by atoms with Crippen molar-refractivity contribution in [1.82, 2.24) is 10.2 Å². The third-order valence-electron chi connectivity index (χ3n) is 3.84. The standard InChI is InChI=1S/C15H33N3O/c1-6-10-18(15(5,7-2)12-16)11-14(19)17-9-8-13(3)4/h13H,6-12,16H2,1-5H3,(H,17,19). The molecular formula is C15H33N3O. The summed E-state index contributed by atoms with van der Waals surface area (Å²) in [5.74, 6) is 0.735. The molecule has 1 unspecified atom stereocenters. The van der Waals surface area contributed by atoms with E-state index in [0.29, 0.717) is 19.0 Å². The normalized spacial score (nSPS) is 14.7. The molecule has 1 amide bonds. The Balaban J connectivity index is 4.37. The highest BCUT2D eigenvalue weighted by Gasteiger charge is 2.29. The van der Waals surface area contributed by atoms with Crippen LogP contribution in [0, 0.1) is 5.92 Å². The van der Waals surface area contributed by atoms with Crippen LogP contribution in [0.15, 0.2) is 0 Å². The summed E-state index contributed by atoms with van der Waals surface area (Å²) in [6.45, 7) is 13.5. The molecule has 0 rings (SSSR count). The maximum atomic E-state index is 12.0. The van der Waals surface area contributed by atoms with Gasteiger partial charge in [0.05, 0.1) is 6.54 Å². The molecule has 0 aromatic carbocycles. The van der Waals surface area contributed by atoms with Crippen LogP contribution in [0.1, 0.15) is 53.9 Å². The third-order valence-corrected chi connectivity index (χ3v) is 3.84. The highest BCUT2D eigenvalue weighted by Crippen LogP contribution is 2.18. The van der Waals surface area contributed by atoms with Gasteiger partial charge in [-0.1, -0.05) is 27.7 Å². The van der Waals surface area contributed by atoms with E-state index < -0.39 is 0 Å². The molecule has 114 valence electrons. The molecule has 0 heterocycles. The number of nitrogens with zero attached hydrogens (tertiary/aromatic N) is 1. The second-order valence-electron chi connectivity index (χ2n) is 6.01. The Morgan fingerprint density at radius 3 is 2.42 bits per heavy atom. The second kappa shape index (κ2) is 9.32. The lowest BCUT2D eigenvalue weighted by atomic mass is 9.96. The second-order valence-corrected chi connectivity index (χ2v) is 6.01. The highest BCUT2D eigenvalue weighted by molar-refractivity contribution is 5.78. The van der Waals surface area contributed by atoms with Crippen molar-refractivity contribution >= 4 is 5.91 Å². The zero-order valence-corrected chi connectivity index (χ0v) is 13.5. The number of nitrogens with two attached hydrogens (primary N) is 1. The Morgan fingerprint density at radius 2 is 2.00 bits per heavy atom. The van der Waals surface area contributed by atoms with Crippen molar-refractivity contribution in [3.63, 3.8) is 0 Å². The van der Waals surface area contributed by atoms with E-state index >= 15 is 0 Å². The van der Waals surface area contributed by atoms with Crippen LogP contribution in [0.5, 0.6) is 0 Å². The number of amides is 1. The van der Waals surface area contributed by atoms with Crippen LogP contribution in [0.2, 0.25) is 0 Å². The quantitative estimate of drug-likeness (QED) is 0.639. The molecule has 0 aliphatic rings. The van der Waals surface area contributed by atoms with Gasteiger partial charge in [0.1, 0.15) is 0 Å². The maximum absolute atomic E-state index is 12.0. The van der Waals surface area contributed by atoms with Crippen LogP contribution in [-0.4, -0.2) is 42.5 Å². The summed E-state index contributed by atoms with van der Waals surface area (Å²) in [5, 5.41) is 3.00. The van der Waals surface area contributed by atoms with Gasteiger partial charge < -0.3 is 11.1 Å². The molecule has 0 aromatic rings.